The third-order valence-electron chi connectivity index (χ3n) is 4.03. The fourth-order valence-corrected chi connectivity index (χ4v) is 2.71. The summed E-state index contributed by atoms with van der Waals surface area (Å²) in [7, 11) is 1.59. The van der Waals surface area contributed by atoms with E-state index in [9.17, 15) is 9.18 Å². The van der Waals surface area contributed by atoms with Crippen LogP contribution in [-0.2, 0) is 6.42 Å². The average molecular weight is 330 g/mol. The van der Waals surface area contributed by atoms with Gasteiger partial charge in [-0.15, -0.1) is 0 Å². The summed E-state index contributed by atoms with van der Waals surface area (Å²) in [6, 6.07) is 3.49. The van der Waals surface area contributed by atoms with Gasteiger partial charge in [0.1, 0.15) is 29.0 Å². The number of alkyl halides is 1. The molecule has 3 rings (SSSR count). The molecular formula is C19H19FO4. The van der Waals surface area contributed by atoms with Gasteiger partial charge >= 0.3 is 0 Å². The number of fused-ring (bicyclic) bond motifs is 1. The molecule has 0 aliphatic heterocycles. The van der Waals surface area contributed by atoms with Crippen LogP contribution in [0.4, 0.5) is 4.39 Å². The van der Waals surface area contributed by atoms with Gasteiger partial charge in [0.2, 0.25) is 11.2 Å². The number of aryl methyl sites for hydroxylation is 2. The van der Waals surface area contributed by atoms with Crippen molar-refractivity contribution in [3.63, 3.8) is 0 Å². The maximum Gasteiger partial charge on any atom is 0.235 e. The molecule has 1 aliphatic rings. The topological polar surface area (TPSA) is 48.7 Å². The maximum atomic E-state index is 13.1. The number of hydrogen-bond donors (Lipinski definition) is 0. The van der Waals surface area contributed by atoms with Crippen molar-refractivity contribution in [3.05, 3.63) is 57.7 Å². The number of hydrogen-bond acceptors (Lipinski definition) is 4. The van der Waals surface area contributed by atoms with E-state index in [0.717, 1.165) is 12.0 Å². The van der Waals surface area contributed by atoms with E-state index in [1.165, 1.54) is 12.2 Å². The summed E-state index contributed by atoms with van der Waals surface area (Å²) in [5.41, 5.74) is 1.13. The summed E-state index contributed by atoms with van der Waals surface area (Å²) in [6.07, 6.45) is 4.52. The summed E-state index contributed by atoms with van der Waals surface area (Å²) < 4.78 is 29.9. The summed E-state index contributed by atoms with van der Waals surface area (Å²) in [6.45, 7) is 3.66. The molecule has 1 atom stereocenters. The second kappa shape index (κ2) is 6.51. The van der Waals surface area contributed by atoms with Crippen molar-refractivity contribution in [1.29, 1.82) is 0 Å². The number of ether oxygens (including phenoxy) is 2. The number of rotatable bonds is 4. The van der Waals surface area contributed by atoms with Crippen LogP contribution in [0.15, 0.2) is 45.3 Å². The Hall–Kier alpha value is -2.56. The van der Waals surface area contributed by atoms with Gasteiger partial charge < -0.3 is 13.9 Å². The van der Waals surface area contributed by atoms with Crippen molar-refractivity contribution >= 4 is 11.0 Å². The molecule has 0 N–H and O–H groups in total. The quantitative estimate of drug-likeness (QED) is 0.841. The molecule has 0 saturated carbocycles. The Morgan fingerprint density at radius 3 is 2.79 bits per heavy atom. The molecule has 0 spiro atoms. The predicted octanol–water partition coefficient (Wildman–Crippen LogP) is 4.23. The first kappa shape index (κ1) is 16.3. The van der Waals surface area contributed by atoms with Gasteiger partial charge in [-0.1, -0.05) is 6.92 Å². The molecule has 4 nitrogen and oxygen atoms in total. The Morgan fingerprint density at radius 2 is 2.17 bits per heavy atom. The lowest BCUT2D eigenvalue weighted by Crippen LogP contribution is -2.12. The largest absolute Gasteiger partial charge is 0.496 e. The Bertz CT molecular complexity index is 892. The van der Waals surface area contributed by atoms with Crippen LogP contribution in [0.5, 0.6) is 11.5 Å². The Balaban J connectivity index is 2.09. The second-order valence-electron chi connectivity index (χ2n) is 5.65. The van der Waals surface area contributed by atoms with Crippen LogP contribution >= 0.6 is 0 Å². The molecule has 0 saturated heterocycles. The average Bonchev–Trinajstić information content (AvgIpc) is 2.59. The lowest BCUT2D eigenvalue weighted by Gasteiger charge is -2.14. The molecule has 0 bridgehead atoms. The Labute approximate surface area is 139 Å². The third-order valence-corrected chi connectivity index (χ3v) is 4.03. The van der Waals surface area contributed by atoms with Crippen molar-refractivity contribution in [2.75, 3.05) is 7.11 Å². The molecule has 1 aromatic carbocycles. The molecule has 1 aromatic heterocycles. The standard InChI is InChI=1S/C19H19FO4/c1-4-12-9-15-17(10-16(12)22-3)23-11(2)19(18(15)21)24-14-7-5-13(20)6-8-14/h5,7-10,13H,4,6H2,1-3H3. The molecule has 1 unspecified atom stereocenters. The zero-order chi connectivity index (χ0) is 17.3. The minimum Gasteiger partial charge on any atom is -0.496 e. The first-order valence-corrected chi connectivity index (χ1v) is 7.88. The van der Waals surface area contributed by atoms with E-state index in [1.807, 2.05) is 6.92 Å². The molecule has 2 aromatic rings. The molecule has 5 heteroatoms. The van der Waals surface area contributed by atoms with Crippen molar-refractivity contribution < 1.29 is 18.3 Å². The highest BCUT2D eigenvalue weighted by Crippen LogP contribution is 2.29. The van der Waals surface area contributed by atoms with E-state index in [2.05, 4.69) is 0 Å². The van der Waals surface area contributed by atoms with Gasteiger partial charge in [-0.2, -0.15) is 0 Å². The third kappa shape index (κ3) is 2.94. The van der Waals surface area contributed by atoms with E-state index in [-0.39, 0.29) is 17.6 Å². The molecule has 0 fully saturated rings. The fourth-order valence-electron chi connectivity index (χ4n) is 2.71. The molecule has 1 heterocycles. The number of benzene rings is 1. The van der Waals surface area contributed by atoms with Crippen LogP contribution in [0, 0.1) is 6.92 Å². The zero-order valence-electron chi connectivity index (χ0n) is 13.9. The van der Waals surface area contributed by atoms with Crippen molar-refractivity contribution in [3.8, 4) is 11.5 Å². The molecule has 0 radical (unpaired) electrons. The lowest BCUT2D eigenvalue weighted by atomic mass is 10.1. The van der Waals surface area contributed by atoms with Crippen molar-refractivity contribution in [1.82, 2.24) is 0 Å². The molecule has 1 aliphatic carbocycles. The van der Waals surface area contributed by atoms with E-state index >= 15 is 0 Å². The summed E-state index contributed by atoms with van der Waals surface area (Å²) in [5.74, 6) is 1.63. The van der Waals surface area contributed by atoms with Crippen LogP contribution in [0.1, 0.15) is 24.7 Å². The highest BCUT2D eigenvalue weighted by atomic mass is 19.1. The van der Waals surface area contributed by atoms with Gasteiger partial charge in [-0.25, -0.2) is 4.39 Å². The molecular weight excluding hydrogens is 311 g/mol. The molecule has 24 heavy (non-hydrogen) atoms. The van der Waals surface area contributed by atoms with Crippen LogP contribution in [0.2, 0.25) is 0 Å². The van der Waals surface area contributed by atoms with Gasteiger partial charge in [0.15, 0.2) is 0 Å². The number of halogens is 1. The smallest absolute Gasteiger partial charge is 0.235 e. The van der Waals surface area contributed by atoms with Gasteiger partial charge in [-0.05, 0) is 43.2 Å². The SMILES string of the molecule is CCc1cc2c(=O)c(OC3=CCC(F)C=C3)c(C)oc2cc1OC. The highest BCUT2D eigenvalue weighted by molar-refractivity contribution is 5.81. The first-order chi connectivity index (χ1) is 11.5. The number of methoxy groups -OCH3 is 1. The lowest BCUT2D eigenvalue weighted by molar-refractivity contribution is 0.372. The van der Waals surface area contributed by atoms with Gasteiger partial charge in [-0.3, -0.25) is 4.79 Å². The zero-order valence-corrected chi connectivity index (χ0v) is 13.9. The maximum absolute atomic E-state index is 13.1. The molecule has 0 amide bonds. The van der Waals surface area contributed by atoms with E-state index < -0.39 is 6.17 Å². The van der Waals surface area contributed by atoms with Crippen LogP contribution < -0.4 is 14.9 Å². The van der Waals surface area contributed by atoms with Crippen LogP contribution in [-0.4, -0.2) is 13.3 Å². The van der Waals surface area contributed by atoms with Gasteiger partial charge in [0.25, 0.3) is 0 Å². The van der Waals surface area contributed by atoms with Crippen molar-refractivity contribution in [2.24, 2.45) is 0 Å². The minimum atomic E-state index is -1.01. The molecule has 126 valence electrons. The van der Waals surface area contributed by atoms with E-state index in [1.54, 1.807) is 32.2 Å². The second-order valence-corrected chi connectivity index (χ2v) is 5.65. The van der Waals surface area contributed by atoms with E-state index in [0.29, 0.717) is 28.2 Å². The van der Waals surface area contributed by atoms with Crippen LogP contribution in [0.25, 0.3) is 11.0 Å². The van der Waals surface area contributed by atoms with Crippen LogP contribution in [0.3, 0.4) is 0 Å². The van der Waals surface area contributed by atoms with E-state index in [4.69, 9.17) is 13.9 Å². The highest BCUT2D eigenvalue weighted by Gasteiger charge is 2.17. The Morgan fingerprint density at radius 1 is 1.38 bits per heavy atom. The summed E-state index contributed by atoms with van der Waals surface area (Å²) in [5, 5.41) is 0.442. The van der Waals surface area contributed by atoms with Gasteiger partial charge in [0, 0.05) is 12.5 Å². The normalized spacial score (nSPS) is 17.0. The minimum absolute atomic E-state index is 0.128. The first-order valence-electron chi connectivity index (χ1n) is 7.88. The van der Waals surface area contributed by atoms with Crippen molar-refractivity contribution in [2.45, 2.75) is 32.9 Å². The number of allylic oxidation sites excluding steroid dienone is 3. The Kier molecular flexibility index (Phi) is 4.42. The summed E-state index contributed by atoms with van der Waals surface area (Å²) in [4.78, 5) is 12.8. The van der Waals surface area contributed by atoms with Gasteiger partial charge in [0.05, 0.1) is 12.5 Å². The summed E-state index contributed by atoms with van der Waals surface area (Å²) >= 11 is 0. The fraction of sp³-hybridized carbons (Fsp3) is 0.316. The predicted molar refractivity (Wildman–Crippen MR) is 90.5 cm³/mol. The monoisotopic (exact) mass is 330 g/mol.